The molecule has 0 bridgehead atoms. The van der Waals surface area contributed by atoms with E-state index in [0.717, 1.165) is 23.1 Å². The molecule has 0 saturated heterocycles. The summed E-state index contributed by atoms with van der Waals surface area (Å²) in [6, 6.07) is 13.9. The number of hydrogen-bond acceptors (Lipinski definition) is 4. The van der Waals surface area contributed by atoms with E-state index in [1.54, 1.807) is 0 Å². The van der Waals surface area contributed by atoms with E-state index < -0.39 is 42.9 Å². The first-order chi connectivity index (χ1) is 17.2. The average molecular weight is 600 g/mol. The van der Waals surface area contributed by atoms with Crippen LogP contribution >= 0.6 is 15.9 Å². The van der Waals surface area contributed by atoms with Crippen LogP contribution in [-0.2, 0) is 6.54 Å². The van der Waals surface area contributed by atoms with Crippen LogP contribution in [0.25, 0.3) is 0 Å². The lowest BCUT2D eigenvalue weighted by molar-refractivity contribution is -0.253. The summed E-state index contributed by atoms with van der Waals surface area (Å²) in [4.78, 5) is 1.08. The molecule has 37 heavy (non-hydrogen) atoms. The van der Waals surface area contributed by atoms with Crippen LogP contribution < -0.4 is 14.4 Å². The molecule has 0 aliphatic heterocycles. The number of halogens is 9. The smallest absolute Gasteiger partial charge is 0.457 e. The quantitative estimate of drug-likeness (QED) is 0.244. The third-order valence-electron chi connectivity index (χ3n) is 4.81. The Balaban J connectivity index is 1.90. The van der Waals surface area contributed by atoms with E-state index in [9.17, 15) is 40.2 Å². The standard InChI is InChI=1S/C24H18BrF8NO3/c25-15-8-16(26)10-20(9-15)36-18-5-2-4-17(11-18)34(13-21(35)23(29,30)31)12-14-3-1-6-19(7-14)37-24(32,33)22(27)28/h1-11,21-22,35H,12-13H2/t21-/m1/s1. The van der Waals surface area contributed by atoms with Crippen molar-refractivity contribution < 1.29 is 49.7 Å². The topological polar surface area (TPSA) is 41.9 Å². The zero-order chi connectivity index (χ0) is 27.4. The first-order valence-electron chi connectivity index (χ1n) is 10.4. The van der Waals surface area contributed by atoms with Crippen LogP contribution in [0.1, 0.15) is 5.56 Å². The molecule has 0 saturated carbocycles. The van der Waals surface area contributed by atoms with Crippen molar-refractivity contribution in [1.82, 2.24) is 0 Å². The minimum atomic E-state index is -4.97. The molecular weight excluding hydrogens is 582 g/mol. The Morgan fingerprint density at radius 2 is 1.54 bits per heavy atom. The largest absolute Gasteiger partial charge is 0.461 e. The SMILES string of the molecule is O[C@H](CN(Cc1cccc(OC(F)(F)C(F)F)c1)c1cccc(Oc2cc(F)cc(Br)c2)c1)C(F)(F)F. The molecule has 3 aromatic carbocycles. The molecule has 13 heteroatoms. The molecule has 0 radical (unpaired) electrons. The Labute approximate surface area is 214 Å². The molecule has 0 unspecified atom stereocenters. The number of aliphatic hydroxyl groups is 1. The van der Waals surface area contributed by atoms with E-state index in [2.05, 4.69) is 20.7 Å². The normalized spacial score (nSPS) is 12.9. The van der Waals surface area contributed by atoms with Crippen LogP contribution in [0, 0.1) is 5.82 Å². The van der Waals surface area contributed by atoms with Gasteiger partial charge in [0, 0.05) is 28.8 Å². The van der Waals surface area contributed by atoms with Gasteiger partial charge in [-0.2, -0.15) is 30.7 Å². The molecule has 4 nitrogen and oxygen atoms in total. The minimum absolute atomic E-state index is 0.0932. The molecule has 3 rings (SSSR count). The Morgan fingerprint density at radius 1 is 0.865 bits per heavy atom. The predicted octanol–water partition coefficient (Wildman–Crippen LogP) is 7.55. The maximum atomic E-state index is 13.7. The second kappa shape index (κ2) is 11.5. The number of benzene rings is 3. The monoisotopic (exact) mass is 599 g/mol. The van der Waals surface area contributed by atoms with E-state index in [-0.39, 0.29) is 29.3 Å². The number of ether oxygens (including phenoxy) is 2. The first-order valence-corrected chi connectivity index (χ1v) is 11.2. The molecule has 0 heterocycles. The van der Waals surface area contributed by atoms with Crippen LogP contribution in [-0.4, -0.2) is 36.5 Å². The molecule has 0 amide bonds. The van der Waals surface area contributed by atoms with Crippen LogP contribution in [0.5, 0.6) is 17.2 Å². The van der Waals surface area contributed by atoms with Crippen molar-refractivity contribution >= 4 is 21.6 Å². The zero-order valence-electron chi connectivity index (χ0n) is 18.5. The minimum Gasteiger partial charge on any atom is -0.457 e. The molecule has 200 valence electrons. The molecule has 0 aliphatic carbocycles. The van der Waals surface area contributed by atoms with E-state index in [0.29, 0.717) is 4.47 Å². The fourth-order valence-electron chi connectivity index (χ4n) is 3.17. The molecule has 0 spiro atoms. The summed E-state index contributed by atoms with van der Waals surface area (Å²) in [7, 11) is 0. The van der Waals surface area contributed by atoms with Crippen molar-refractivity contribution in [2.45, 2.75) is 31.4 Å². The van der Waals surface area contributed by atoms with E-state index in [1.807, 2.05) is 0 Å². The van der Waals surface area contributed by atoms with Crippen molar-refractivity contribution in [2.75, 3.05) is 11.4 Å². The van der Waals surface area contributed by atoms with Crippen molar-refractivity contribution in [3.05, 3.63) is 82.6 Å². The van der Waals surface area contributed by atoms with Gasteiger partial charge in [0.25, 0.3) is 0 Å². The Kier molecular flexibility index (Phi) is 8.90. The van der Waals surface area contributed by atoms with Crippen molar-refractivity contribution in [3.63, 3.8) is 0 Å². The Bertz CT molecular complexity index is 1190. The highest BCUT2D eigenvalue weighted by Crippen LogP contribution is 2.32. The van der Waals surface area contributed by atoms with Gasteiger partial charge < -0.3 is 19.5 Å². The van der Waals surface area contributed by atoms with Gasteiger partial charge in [-0.05, 0) is 42.0 Å². The highest BCUT2D eigenvalue weighted by Gasteiger charge is 2.44. The van der Waals surface area contributed by atoms with E-state index >= 15 is 0 Å². The van der Waals surface area contributed by atoms with Crippen LogP contribution in [0.3, 0.4) is 0 Å². The highest BCUT2D eigenvalue weighted by atomic mass is 79.9. The van der Waals surface area contributed by atoms with Crippen molar-refractivity contribution in [2.24, 2.45) is 0 Å². The lowest BCUT2D eigenvalue weighted by Crippen LogP contribution is -2.40. The average Bonchev–Trinajstić information content (AvgIpc) is 2.77. The molecule has 1 atom stereocenters. The van der Waals surface area contributed by atoms with E-state index in [1.165, 1.54) is 48.5 Å². The number of rotatable bonds is 10. The summed E-state index contributed by atoms with van der Waals surface area (Å²) in [5, 5.41) is 9.68. The van der Waals surface area contributed by atoms with Gasteiger partial charge in [0.2, 0.25) is 0 Å². The summed E-state index contributed by atoms with van der Waals surface area (Å²) in [6.07, 6.45) is -16.6. The molecule has 3 aromatic rings. The predicted molar refractivity (Wildman–Crippen MR) is 122 cm³/mol. The van der Waals surface area contributed by atoms with Crippen LogP contribution in [0.15, 0.2) is 71.2 Å². The van der Waals surface area contributed by atoms with Gasteiger partial charge in [0.05, 0.1) is 6.54 Å². The Morgan fingerprint density at radius 3 is 2.19 bits per heavy atom. The van der Waals surface area contributed by atoms with Gasteiger partial charge in [-0.1, -0.05) is 34.1 Å². The second-order valence-electron chi connectivity index (χ2n) is 7.75. The van der Waals surface area contributed by atoms with Crippen LogP contribution in [0.2, 0.25) is 0 Å². The van der Waals surface area contributed by atoms with Crippen molar-refractivity contribution in [1.29, 1.82) is 0 Å². The van der Waals surface area contributed by atoms with Crippen molar-refractivity contribution in [3.8, 4) is 17.2 Å². The molecular formula is C24H18BrF8NO3. The van der Waals surface area contributed by atoms with Gasteiger partial charge in [-0.25, -0.2) is 4.39 Å². The Hall–Kier alpha value is -3.06. The van der Waals surface area contributed by atoms with Crippen LogP contribution in [0.4, 0.5) is 40.8 Å². The van der Waals surface area contributed by atoms with Gasteiger partial charge in [0.1, 0.15) is 23.1 Å². The first kappa shape index (κ1) is 28.5. The van der Waals surface area contributed by atoms with Gasteiger partial charge in [-0.3, -0.25) is 0 Å². The lowest BCUT2D eigenvalue weighted by atomic mass is 10.1. The van der Waals surface area contributed by atoms with Gasteiger partial charge in [-0.15, -0.1) is 0 Å². The number of anilines is 1. The summed E-state index contributed by atoms with van der Waals surface area (Å²) in [6.45, 7) is -1.32. The fourth-order valence-corrected chi connectivity index (χ4v) is 3.61. The molecule has 1 N–H and O–H groups in total. The third-order valence-corrected chi connectivity index (χ3v) is 5.26. The molecule has 0 aliphatic rings. The number of alkyl halides is 7. The lowest BCUT2D eigenvalue weighted by Gasteiger charge is -2.29. The van der Waals surface area contributed by atoms with Gasteiger partial charge in [0.15, 0.2) is 6.10 Å². The van der Waals surface area contributed by atoms with Gasteiger partial charge >= 0.3 is 18.7 Å². The second-order valence-corrected chi connectivity index (χ2v) is 8.67. The summed E-state index contributed by atoms with van der Waals surface area (Å²) in [5.74, 6) is -1.02. The third kappa shape index (κ3) is 8.22. The maximum Gasteiger partial charge on any atom is 0.461 e. The highest BCUT2D eigenvalue weighted by molar-refractivity contribution is 9.10. The summed E-state index contributed by atoms with van der Waals surface area (Å²) < 4.78 is 115. The van der Waals surface area contributed by atoms with E-state index in [4.69, 9.17) is 4.74 Å². The zero-order valence-corrected chi connectivity index (χ0v) is 20.1. The number of hydrogen-bond donors (Lipinski definition) is 1. The summed E-state index contributed by atoms with van der Waals surface area (Å²) in [5.41, 5.74) is 0.248. The molecule has 0 fully saturated rings. The number of nitrogens with zero attached hydrogens (tertiary/aromatic N) is 1. The maximum absolute atomic E-state index is 13.7. The molecule has 0 aromatic heterocycles. The number of aliphatic hydroxyl groups excluding tert-OH is 1. The fraction of sp³-hybridized carbons (Fsp3) is 0.250. The summed E-state index contributed by atoms with van der Waals surface area (Å²) >= 11 is 3.12.